The van der Waals surface area contributed by atoms with Crippen molar-refractivity contribution in [3.8, 4) is 0 Å². The lowest BCUT2D eigenvalue weighted by Crippen LogP contribution is -2.50. The molecule has 0 rings (SSSR count). The zero-order valence-electron chi connectivity index (χ0n) is 14.0. The van der Waals surface area contributed by atoms with Crippen molar-refractivity contribution in [2.24, 2.45) is 0 Å². The molecule has 19 heavy (non-hydrogen) atoms. The summed E-state index contributed by atoms with van der Waals surface area (Å²) >= 11 is 0. The van der Waals surface area contributed by atoms with Gasteiger partial charge in [0.25, 0.3) is 0 Å². The first-order chi connectivity index (χ1) is 8.81. The fourth-order valence-electron chi connectivity index (χ4n) is 2.11. The van der Waals surface area contributed by atoms with E-state index in [9.17, 15) is 0 Å². The van der Waals surface area contributed by atoms with Gasteiger partial charge in [0.2, 0.25) is 0 Å². The summed E-state index contributed by atoms with van der Waals surface area (Å²) in [5, 5.41) is 0. The predicted molar refractivity (Wildman–Crippen MR) is 83.4 cm³/mol. The fraction of sp³-hybridized carbons (Fsp3) is 1.00. The Balaban J connectivity index is 4.68. The Morgan fingerprint density at radius 2 is 1.11 bits per heavy atom. The third-order valence-corrected chi connectivity index (χ3v) is 6.04. The third kappa shape index (κ3) is 9.60. The van der Waals surface area contributed by atoms with Crippen LogP contribution in [0.3, 0.4) is 0 Å². The summed E-state index contributed by atoms with van der Waals surface area (Å²) in [6.45, 7) is 14.6. The molecule has 0 radical (unpaired) electrons. The molecular weight excluding hydrogens is 256 g/mol. The third-order valence-electron chi connectivity index (χ3n) is 2.58. The van der Waals surface area contributed by atoms with Crippen LogP contribution in [-0.2, 0) is 13.3 Å². The van der Waals surface area contributed by atoms with Crippen molar-refractivity contribution in [3.05, 3.63) is 0 Å². The number of unbranched alkanes of at least 4 members (excludes halogenated alkanes) is 3. The maximum absolute atomic E-state index is 6.13. The molecule has 0 heterocycles. The number of hydrogen-bond donors (Lipinski definition) is 0. The Morgan fingerprint density at radius 1 is 0.684 bits per heavy atom. The van der Waals surface area contributed by atoms with Crippen LogP contribution in [0.4, 0.5) is 0 Å². The summed E-state index contributed by atoms with van der Waals surface area (Å²) < 4.78 is 18.4. The smallest absolute Gasteiger partial charge is 0.371 e. The van der Waals surface area contributed by atoms with Crippen LogP contribution >= 0.6 is 0 Å². The van der Waals surface area contributed by atoms with Gasteiger partial charge in [-0.15, -0.1) is 0 Å². The molecule has 0 aliphatic carbocycles. The van der Waals surface area contributed by atoms with Crippen LogP contribution in [0, 0.1) is 0 Å². The molecule has 0 spiro atoms. The monoisotopic (exact) mass is 290 g/mol. The van der Waals surface area contributed by atoms with E-state index >= 15 is 0 Å². The van der Waals surface area contributed by atoms with Gasteiger partial charge in [-0.05, 0) is 48.0 Å². The maximum atomic E-state index is 6.13. The molecule has 0 amide bonds. The highest BCUT2D eigenvalue weighted by Gasteiger charge is 2.43. The first kappa shape index (κ1) is 19.1. The van der Waals surface area contributed by atoms with Gasteiger partial charge < -0.3 is 13.3 Å². The van der Waals surface area contributed by atoms with Crippen molar-refractivity contribution in [1.82, 2.24) is 0 Å². The Bertz CT molecular complexity index is 191. The maximum Gasteiger partial charge on any atom is 0.501 e. The molecule has 0 saturated carbocycles. The van der Waals surface area contributed by atoms with Crippen molar-refractivity contribution in [1.29, 1.82) is 0 Å². The molecule has 0 atom stereocenters. The van der Waals surface area contributed by atoms with Crippen LogP contribution in [-0.4, -0.2) is 27.1 Å². The zero-order chi connectivity index (χ0) is 14.9. The van der Waals surface area contributed by atoms with Crippen LogP contribution in [0.25, 0.3) is 0 Å². The van der Waals surface area contributed by atoms with E-state index in [2.05, 4.69) is 48.5 Å². The predicted octanol–water partition coefficient (Wildman–Crippen LogP) is 4.78. The second kappa shape index (κ2) is 9.92. The fourth-order valence-corrected chi connectivity index (χ4v) is 5.46. The molecule has 0 N–H and O–H groups in total. The van der Waals surface area contributed by atoms with Gasteiger partial charge in [0.15, 0.2) is 0 Å². The average molecular weight is 291 g/mol. The number of rotatable bonds is 11. The quantitative estimate of drug-likeness (QED) is 0.405. The van der Waals surface area contributed by atoms with Crippen LogP contribution < -0.4 is 0 Å². The molecule has 0 bridgehead atoms. The second-order valence-corrected chi connectivity index (χ2v) is 8.57. The van der Waals surface area contributed by atoms with Gasteiger partial charge in [0.05, 0.1) is 0 Å². The zero-order valence-corrected chi connectivity index (χ0v) is 15.0. The van der Waals surface area contributed by atoms with E-state index < -0.39 is 8.80 Å². The highest BCUT2D eigenvalue weighted by Crippen LogP contribution is 2.24. The van der Waals surface area contributed by atoms with E-state index in [1.165, 1.54) is 19.3 Å². The summed E-state index contributed by atoms with van der Waals surface area (Å²) in [6.07, 6.45) is 5.33. The highest BCUT2D eigenvalue weighted by atomic mass is 28.4. The summed E-state index contributed by atoms with van der Waals surface area (Å²) in [6, 6.07) is 0.932. The summed E-state index contributed by atoms with van der Waals surface area (Å²) in [5.41, 5.74) is 0. The molecule has 3 nitrogen and oxygen atoms in total. The molecule has 0 aromatic heterocycles. The topological polar surface area (TPSA) is 27.7 Å². The molecule has 0 aromatic carbocycles. The van der Waals surface area contributed by atoms with Gasteiger partial charge in [-0.2, -0.15) is 0 Å². The molecule has 0 saturated heterocycles. The van der Waals surface area contributed by atoms with Crippen molar-refractivity contribution in [2.75, 3.05) is 0 Å². The van der Waals surface area contributed by atoms with E-state index in [0.717, 1.165) is 12.5 Å². The molecule has 116 valence electrons. The van der Waals surface area contributed by atoms with E-state index in [-0.39, 0.29) is 18.3 Å². The van der Waals surface area contributed by atoms with Gasteiger partial charge in [-0.25, -0.2) is 0 Å². The lowest BCUT2D eigenvalue weighted by atomic mass is 10.2. The first-order valence-electron chi connectivity index (χ1n) is 7.84. The minimum atomic E-state index is -2.53. The molecular formula is C15H34O3Si. The minimum absolute atomic E-state index is 0.148. The normalized spacial score (nSPS) is 12.9. The van der Waals surface area contributed by atoms with Crippen LogP contribution in [0.15, 0.2) is 0 Å². The van der Waals surface area contributed by atoms with Crippen molar-refractivity contribution in [3.63, 3.8) is 0 Å². The van der Waals surface area contributed by atoms with Gasteiger partial charge in [0.1, 0.15) is 0 Å². The van der Waals surface area contributed by atoms with Crippen LogP contribution in [0.2, 0.25) is 6.04 Å². The minimum Gasteiger partial charge on any atom is -0.371 e. The van der Waals surface area contributed by atoms with Gasteiger partial charge in [-0.3, -0.25) is 0 Å². The molecule has 0 aromatic rings. The Hall–Kier alpha value is 0.0969. The van der Waals surface area contributed by atoms with Crippen LogP contribution in [0.1, 0.15) is 74.1 Å². The van der Waals surface area contributed by atoms with Crippen molar-refractivity contribution < 1.29 is 13.3 Å². The lowest BCUT2D eigenvalue weighted by Gasteiger charge is -2.34. The van der Waals surface area contributed by atoms with Gasteiger partial charge in [-0.1, -0.05) is 26.2 Å². The van der Waals surface area contributed by atoms with E-state index in [1.54, 1.807) is 0 Å². The average Bonchev–Trinajstić information content (AvgIpc) is 2.21. The van der Waals surface area contributed by atoms with Crippen molar-refractivity contribution in [2.45, 2.75) is 98.5 Å². The Kier molecular flexibility index (Phi) is 9.97. The van der Waals surface area contributed by atoms with Gasteiger partial charge in [0, 0.05) is 24.4 Å². The molecule has 0 aliphatic heterocycles. The second-order valence-electron chi connectivity index (χ2n) is 5.99. The molecule has 0 unspecified atom stereocenters. The van der Waals surface area contributed by atoms with E-state index in [0.29, 0.717) is 0 Å². The van der Waals surface area contributed by atoms with E-state index in [1.807, 2.05) is 0 Å². The Labute approximate surface area is 121 Å². The molecule has 0 aliphatic rings. The molecule has 0 fully saturated rings. The van der Waals surface area contributed by atoms with Crippen molar-refractivity contribution >= 4 is 8.80 Å². The lowest BCUT2D eigenvalue weighted by molar-refractivity contribution is 0.00278. The summed E-state index contributed by atoms with van der Waals surface area (Å²) in [7, 11) is -2.53. The standard InChI is InChI=1S/C15H34O3Si/c1-8-9-10-11-12-19(16-13(2)3,17-14(4)5)18-15(6)7/h13-15H,8-12H2,1-7H3. The van der Waals surface area contributed by atoms with E-state index in [4.69, 9.17) is 13.3 Å². The summed E-state index contributed by atoms with van der Waals surface area (Å²) in [5.74, 6) is 0. The van der Waals surface area contributed by atoms with Gasteiger partial charge >= 0.3 is 8.80 Å². The number of hydrogen-bond acceptors (Lipinski definition) is 3. The van der Waals surface area contributed by atoms with Crippen LogP contribution in [0.5, 0.6) is 0 Å². The Morgan fingerprint density at radius 3 is 1.42 bits per heavy atom. The summed E-state index contributed by atoms with van der Waals surface area (Å²) in [4.78, 5) is 0. The SMILES string of the molecule is CCCCCC[Si](OC(C)C)(OC(C)C)OC(C)C. The largest absolute Gasteiger partial charge is 0.501 e. The first-order valence-corrected chi connectivity index (χ1v) is 9.78. The molecule has 4 heteroatoms. The highest BCUT2D eigenvalue weighted by molar-refractivity contribution is 6.60.